The van der Waals surface area contributed by atoms with Crippen LogP contribution in [0.2, 0.25) is 5.02 Å². The molecular formula is C14H8ClF3N4O. The van der Waals surface area contributed by atoms with Crippen molar-refractivity contribution in [1.82, 2.24) is 10.2 Å². The molecule has 2 aromatic rings. The summed E-state index contributed by atoms with van der Waals surface area (Å²) in [5.41, 5.74) is -1.11. The van der Waals surface area contributed by atoms with Crippen LogP contribution in [0.15, 0.2) is 24.3 Å². The third-order valence-electron chi connectivity index (χ3n) is 3.57. The van der Waals surface area contributed by atoms with Crippen molar-refractivity contribution < 1.29 is 17.9 Å². The molecule has 1 aromatic carbocycles. The summed E-state index contributed by atoms with van der Waals surface area (Å²) in [7, 11) is 0. The summed E-state index contributed by atoms with van der Waals surface area (Å²) >= 11 is 6.10. The van der Waals surface area contributed by atoms with Crippen molar-refractivity contribution in [3.05, 3.63) is 46.1 Å². The molecule has 3 rings (SSSR count). The summed E-state index contributed by atoms with van der Waals surface area (Å²) in [5, 5.41) is 22.7. The first-order valence-electron chi connectivity index (χ1n) is 6.40. The van der Waals surface area contributed by atoms with Crippen molar-refractivity contribution >= 4 is 17.5 Å². The fourth-order valence-corrected chi connectivity index (χ4v) is 2.85. The molecule has 9 heteroatoms. The van der Waals surface area contributed by atoms with Crippen LogP contribution in [0.25, 0.3) is 0 Å². The lowest BCUT2D eigenvalue weighted by Crippen LogP contribution is -2.32. The van der Waals surface area contributed by atoms with E-state index in [1.54, 1.807) is 12.1 Å². The van der Waals surface area contributed by atoms with Crippen LogP contribution in [0.4, 0.5) is 13.2 Å². The van der Waals surface area contributed by atoms with Gasteiger partial charge in [0.25, 0.3) is 0 Å². The van der Waals surface area contributed by atoms with Gasteiger partial charge in [-0.15, -0.1) is 5.10 Å². The van der Waals surface area contributed by atoms with Gasteiger partial charge in [0.05, 0.1) is 11.6 Å². The molecule has 2 atom stereocenters. The fourth-order valence-electron chi connectivity index (χ4n) is 2.60. The second-order valence-electron chi connectivity index (χ2n) is 4.89. The molecule has 1 aliphatic rings. The Labute approximate surface area is 133 Å². The molecule has 1 aliphatic heterocycles. The Morgan fingerprint density at radius 3 is 2.65 bits per heavy atom. The largest absolute Gasteiger partial charge is 0.433 e. The summed E-state index contributed by atoms with van der Waals surface area (Å²) in [6.45, 7) is 0. The summed E-state index contributed by atoms with van der Waals surface area (Å²) in [6, 6.07) is 8.08. The quantitative estimate of drug-likeness (QED) is 0.829. The highest BCUT2D eigenvalue weighted by Crippen LogP contribution is 2.48. The lowest BCUT2D eigenvalue weighted by Gasteiger charge is -2.28. The molecule has 0 aliphatic carbocycles. The number of hydrogen-bond donors (Lipinski definition) is 2. The summed E-state index contributed by atoms with van der Waals surface area (Å²) < 4.78 is 44.7. The van der Waals surface area contributed by atoms with Gasteiger partial charge in [0.2, 0.25) is 11.8 Å². The van der Waals surface area contributed by atoms with Crippen molar-refractivity contribution in [3.63, 3.8) is 0 Å². The van der Waals surface area contributed by atoms with E-state index < -0.39 is 29.6 Å². The van der Waals surface area contributed by atoms with Crippen LogP contribution in [-0.2, 0) is 6.18 Å². The summed E-state index contributed by atoms with van der Waals surface area (Å²) in [5.74, 6) is -3.16. The number of nitrogens with one attached hydrogen (secondary N) is 2. The molecule has 0 fully saturated rings. The van der Waals surface area contributed by atoms with E-state index >= 15 is 0 Å². The Hall–Kier alpha value is -2.53. The molecule has 2 N–H and O–H groups in total. The average Bonchev–Trinajstić information content (AvgIpc) is 2.90. The maximum Gasteiger partial charge on any atom is 0.433 e. The summed E-state index contributed by atoms with van der Waals surface area (Å²) in [6.07, 6.45) is -4.71. The van der Waals surface area contributed by atoms with Crippen LogP contribution in [-0.4, -0.2) is 16.1 Å². The van der Waals surface area contributed by atoms with Gasteiger partial charge in [-0.05, 0) is 11.6 Å². The van der Waals surface area contributed by atoms with Crippen molar-refractivity contribution in [1.29, 1.82) is 10.7 Å². The molecule has 5 nitrogen and oxygen atoms in total. The Kier molecular flexibility index (Phi) is 3.53. The Morgan fingerprint density at radius 2 is 2.04 bits per heavy atom. The lowest BCUT2D eigenvalue weighted by molar-refractivity contribution is -0.142. The summed E-state index contributed by atoms with van der Waals surface area (Å²) in [4.78, 5) is 0. The van der Waals surface area contributed by atoms with Crippen LogP contribution >= 0.6 is 11.6 Å². The van der Waals surface area contributed by atoms with Crippen LogP contribution < -0.4 is 4.74 Å². The minimum Gasteiger partial charge on any atom is -0.422 e. The SMILES string of the molecule is N#CC1C(=N)Oc2n[nH]c(C(F)(F)F)c2C1c1ccccc1Cl. The van der Waals surface area contributed by atoms with Gasteiger partial charge in [-0.1, -0.05) is 29.8 Å². The van der Waals surface area contributed by atoms with Gasteiger partial charge in [-0.2, -0.15) is 18.4 Å². The number of nitriles is 1. The molecule has 23 heavy (non-hydrogen) atoms. The number of nitrogens with zero attached hydrogens (tertiary/aromatic N) is 2. The number of H-pyrrole nitrogens is 1. The normalized spacial score (nSPS) is 20.6. The van der Waals surface area contributed by atoms with E-state index in [0.717, 1.165) is 0 Å². The Morgan fingerprint density at radius 1 is 1.35 bits per heavy atom. The molecule has 0 amide bonds. The third kappa shape index (κ3) is 2.43. The van der Waals surface area contributed by atoms with Gasteiger partial charge >= 0.3 is 6.18 Å². The molecular weight excluding hydrogens is 333 g/mol. The minimum atomic E-state index is -4.71. The number of ether oxygens (including phenoxy) is 1. The first-order valence-corrected chi connectivity index (χ1v) is 6.78. The zero-order chi connectivity index (χ0) is 16.8. The molecule has 0 saturated carbocycles. The van der Waals surface area contributed by atoms with Gasteiger partial charge in [-0.25, -0.2) is 0 Å². The van der Waals surface area contributed by atoms with E-state index in [-0.39, 0.29) is 16.5 Å². The zero-order valence-corrected chi connectivity index (χ0v) is 12.0. The van der Waals surface area contributed by atoms with Crippen LogP contribution in [0.5, 0.6) is 5.88 Å². The number of rotatable bonds is 1. The van der Waals surface area contributed by atoms with E-state index in [0.29, 0.717) is 5.56 Å². The van der Waals surface area contributed by atoms with Crippen LogP contribution in [0.3, 0.4) is 0 Å². The zero-order valence-electron chi connectivity index (χ0n) is 11.3. The number of aromatic amines is 1. The highest BCUT2D eigenvalue weighted by Gasteiger charge is 2.47. The number of aromatic nitrogens is 2. The standard InChI is InChI=1S/C14H8ClF3N4O/c15-8-4-2-1-3-6(8)9-7(5-19)12(20)23-13-10(9)11(21-22-13)14(16,17)18/h1-4,7,9,20H,(H,21,22). The molecule has 0 radical (unpaired) electrons. The van der Waals surface area contributed by atoms with E-state index in [2.05, 4.69) is 5.10 Å². The maximum atomic E-state index is 13.2. The Balaban J connectivity index is 2.29. The van der Waals surface area contributed by atoms with Gasteiger partial charge < -0.3 is 4.74 Å². The number of halogens is 4. The molecule has 2 unspecified atom stereocenters. The number of fused-ring (bicyclic) bond motifs is 1. The Bertz CT molecular complexity index is 824. The topological polar surface area (TPSA) is 85.6 Å². The van der Waals surface area contributed by atoms with Gasteiger partial charge in [-0.3, -0.25) is 10.5 Å². The van der Waals surface area contributed by atoms with Crippen LogP contribution in [0.1, 0.15) is 22.7 Å². The van der Waals surface area contributed by atoms with Crippen molar-refractivity contribution in [2.24, 2.45) is 5.92 Å². The van der Waals surface area contributed by atoms with Gasteiger partial charge in [0.1, 0.15) is 11.6 Å². The van der Waals surface area contributed by atoms with E-state index in [9.17, 15) is 18.4 Å². The predicted molar refractivity (Wildman–Crippen MR) is 74.3 cm³/mol. The second kappa shape index (κ2) is 5.28. The highest BCUT2D eigenvalue weighted by atomic mass is 35.5. The lowest BCUT2D eigenvalue weighted by atomic mass is 9.79. The smallest absolute Gasteiger partial charge is 0.422 e. The first kappa shape index (κ1) is 15.4. The van der Waals surface area contributed by atoms with Crippen molar-refractivity contribution in [2.75, 3.05) is 0 Å². The molecule has 2 heterocycles. The fraction of sp³-hybridized carbons (Fsp3) is 0.214. The monoisotopic (exact) mass is 340 g/mol. The predicted octanol–water partition coefficient (Wildman–Crippen LogP) is 3.72. The van der Waals surface area contributed by atoms with E-state index in [4.69, 9.17) is 21.7 Å². The first-order chi connectivity index (χ1) is 10.8. The van der Waals surface area contributed by atoms with Crippen LogP contribution in [0, 0.1) is 22.7 Å². The molecule has 0 bridgehead atoms. The van der Waals surface area contributed by atoms with Crippen molar-refractivity contribution in [3.8, 4) is 11.9 Å². The van der Waals surface area contributed by atoms with Gasteiger partial charge in [0, 0.05) is 10.9 Å². The number of hydrogen-bond acceptors (Lipinski definition) is 4. The second-order valence-corrected chi connectivity index (χ2v) is 5.29. The average molecular weight is 341 g/mol. The van der Waals surface area contributed by atoms with Gasteiger partial charge in [0.15, 0.2) is 0 Å². The van der Waals surface area contributed by atoms with Crippen molar-refractivity contribution in [2.45, 2.75) is 12.1 Å². The van der Waals surface area contributed by atoms with E-state index in [1.165, 1.54) is 12.1 Å². The molecule has 0 spiro atoms. The number of alkyl halides is 3. The molecule has 1 aromatic heterocycles. The maximum absolute atomic E-state index is 13.2. The minimum absolute atomic E-state index is 0.202. The van der Waals surface area contributed by atoms with E-state index in [1.807, 2.05) is 11.2 Å². The molecule has 0 saturated heterocycles. The third-order valence-corrected chi connectivity index (χ3v) is 3.91. The molecule has 118 valence electrons. The number of benzene rings is 1. The highest BCUT2D eigenvalue weighted by molar-refractivity contribution is 6.31.